The molecule has 1 N–H and O–H groups in total. The molecular weight excluding hydrogens is 204 g/mol. The Labute approximate surface area is 94.5 Å². The molecule has 2 heterocycles. The van der Waals surface area contributed by atoms with Crippen LogP contribution in [0.4, 0.5) is 0 Å². The van der Waals surface area contributed by atoms with Gasteiger partial charge in [-0.05, 0) is 13.5 Å². The van der Waals surface area contributed by atoms with Crippen molar-refractivity contribution in [2.24, 2.45) is 0 Å². The predicted octanol–water partition coefficient (Wildman–Crippen LogP) is 1.34. The van der Waals surface area contributed by atoms with Crippen molar-refractivity contribution in [1.82, 2.24) is 20.0 Å². The maximum absolute atomic E-state index is 5.18. The van der Waals surface area contributed by atoms with Crippen molar-refractivity contribution in [3.8, 4) is 0 Å². The molecule has 0 aliphatic heterocycles. The molecule has 0 saturated heterocycles. The van der Waals surface area contributed by atoms with E-state index < -0.39 is 0 Å². The second kappa shape index (κ2) is 4.94. The normalized spacial score (nSPS) is 10.9. The van der Waals surface area contributed by atoms with E-state index in [1.54, 1.807) is 6.20 Å². The number of nitrogens with one attached hydrogen (secondary N) is 1. The van der Waals surface area contributed by atoms with Gasteiger partial charge < -0.3 is 14.4 Å². The Bertz CT molecular complexity index is 446. The van der Waals surface area contributed by atoms with E-state index in [0.29, 0.717) is 6.54 Å². The molecular formula is C11H16N4O. The Balaban J connectivity index is 2.06. The molecule has 0 radical (unpaired) electrons. The fourth-order valence-electron chi connectivity index (χ4n) is 1.55. The van der Waals surface area contributed by atoms with Gasteiger partial charge in [0.05, 0.1) is 18.8 Å². The summed E-state index contributed by atoms with van der Waals surface area (Å²) in [6.07, 6.45) is 3.75. The Hall–Kier alpha value is -1.62. The molecule has 16 heavy (non-hydrogen) atoms. The van der Waals surface area contributed by atoms with Gasteiger partial charge in [-0.3, -0.25) is 0 Å². The predicted molar refractivity (Wildman–Crippen MR) is 59.9 cm³/mol. The lowest BCUT2D eigenvalue weighted by atomic mass is 10.4. The minimum absolute atomic E-state index is 0.682. The number of imidazole rings is 1. The van der Waals surface area contributed by atoms with Crippen molar-refractivity contribution in [3.63, 3.8) is 0 Å². The number of hydrogen-bond donors (Lipinski definition) is 1. The van der Waals surface area contributed by atoms with Crippen LogP contribution in [0.1, 0.15) is 24.2 Å². The van der Waals surface area contributed by atoms with Crippen LogP contribution < -0.4 is 5.32 Å². The minimum Gasteiger partial charge on any atom is -0.359 e. The zero-order valence-corrected chi connectivity index (χ0v) is 9.60. The maximum atomic E-state index is 5.18. The standard InChI is InChI=1S/C11H16N4O/c1-3-12-7-11-13-4-5-15(11)8-10-6-9(2)14-16-10/h4-6,12H,3,7-8H2,1-2H3. The van der Waals surface area contributed by atoms with Gasteiger partial charge in [0.25, 0.3) is 0 Å². The van der Waals surface area contributed by atoms with E-state index >= 15 is 0 Å². The molecule has 0 spiro atoms. The number of hydrogen-bond acceptors (Lipinski definition) is 4. The second-order valence-electron chi connectivity index (χ2n) is 3.69. The summed E-state index contributed by atoms with van der Waals surface area (Å²) in [6, 6.07) is 1.94. The minimum atomic E-state index is 0.682. The van der Waals surface area contributed by atoms with E-state index in [1.807, 2.05) is 19.2 Å². The zero-order valence-electron chi connectivity index (χ0n) is 9.60. The summed E-state index contributed by atoms with van der Waals surface area (Å²) in [6.45, 7) is 6.39. The monoisotopic (exact) mass is 220 g/mol. The van der Waals surface area contributed by atoms with Crippen molar-refractivity contribution in [2.75, 3.05) is 6.54 Å². The summed E-state index contributed by atoms with van der Waals surface area (Å²) in [5, 5.41) is 7.12. The fraction of sp³-hybridized carbons (Fsp3) is 0.455. The average Bonchev–Trinajstić information content (AvgIpc) is 2.86. The highest BCUT2D eigenvalue weighted by Gasteiger charge is 2.06. The van der Waals surface area contributed by atoms with E-state index in [-0.39, 0.29) is 0 Å². The molecule has 2 aromatic rings. The summed E-state index contributed by atoms with van der Waals surface area (Å²) in [7, 11) is 0. The summed E-state index contributed by atoms with van der Waals surface area (Å²) in [5.74, 6) is 1.86. The zero-order chi connectivity index (χ0) is 11.4. The molecule has 0 saturated carbocycles. The first-order valence-electron chi connectivity index (χ1n) is 5.42. The largest absolute Gasteiger partial charge is 0.359 e. The van der Waals surface area contributed by atoms with E-state index in [2.05, 4.69) is 26.9 Å². The molecule has 0 atom stereocenters. The lowest BCUT2D eigenvalue weighted by Gasteiger charge is -2.05. The van der Waals surface area contributed by atoms with Gasteiger partial charge in [0, 0.05) is 18.5 Å². The number of aromatic nitrogens is 3. The van der Waals surface area contributed by atoms with Crippen molar-refractivity contribution in [2.45, 2.75) is 26.9 Å². The third-order valence-corrected chi connectivity index (χ3v) is 2.34. The van der Waals surface area contributed by atoms with Gasteiger partial charge >= 0.3 is 0 Å². The summed E-state index contributed by atoms with van der Waals surface area (Å²) < 4.78 is 7.24. The molecule has 5 nitrogen and oxygen atoms in total. The lowest BCUT2D eigenvalue weighted by molar-refractivity contribution is 0.371. The average molecular weight is 220 g/mol. The highest BCUT2D eigenvalue weighted by molar-refractivity contribution is 5.05. The Kier molecular flexibility index (Phi) is 3.36. The SMILES string of the molecule is CCNCc1nccn1Cc1cc(C)no1. The molecule has 0 aromatic carbocycles. The number of aryl methyl sites for hydroxylation is 1. The van der Waals surface area contributed by atoms with Crippen LogP contribution in [0, 0.1) is 6.92 Å². The molecule has 2 aromatic heterocycles. The van der Waals surface area contributed by atoms with Crippen LogP contribution in [-0.2, 0) is 13.1 Å². The van der Waals surface area contributed by atoms with Crippen molar-refractivity contribution < 1.29 is 4.52 Å². The van der Waals surface area contributed by atoms with E-state index in [4.69, 9.17) is 4.52 Å². The summed E-state index contributed by atoms with van der Waals surface area (Å²) >= 11 is 0. The van der Waals surface area contributed by atoms with E-state index in [1.165, 1.54) is 0 Å². The smallest absolute Gasteiger partial charge is 0.156 e. The van der Waals surface area contributed by atoms with Gasteiger partial charge in [-0.15, -0.1) is 0 Å². The topological polar surface area (TPSA) is 55.9 Å². The van der Waals surface area contributed by atoms with E-state index in [0.717, 1.165) is 30.4 Å². The molecule has 0 amide bonds. The third-order valence-electron chi connectivity index (χ3n) is 2.34. The highest BCUT2D eigenvalue weighted by atomic mass is 16.5. The molecule has 0 fully saturated rings. The number of nitrogens with zero attached hydrogens (tertiary/aromatic N) is 3. The van der Waals surface area contributed by atoms with Crippen molar-refractivity contribution in [1.29, 1.82) is 0 Å². The quantitative estimate of drug-likeness (QED) is 0.826. The molecule has 0 bridgehead atoms. The molecule has 0 unspecified atom stereocenters. The first kappa shape index (κ1) is 10.9. The molecule has 0 aliphatic rings. The molecule has 0 aliphatic carbocycles. The van der Waals surface area contributed by atoms with Gasteiger partial charge in [-0.2, -0.15) is 0 Å². The summed E-state index contributed by atoms with van der Waals surface area (Å²) in [5.41, 5.74) is 0.906. The van der Waals surface area contributed by atoms with Crippen LogP contribution >= 0.6 is 0 Å². The van der Waals surface area contributed by atoms with Crippen LogP contribution in [-0.4, -0.2) is 21.3 Å². The van der Waals surface area contributed by atoms with Gasteiger partial charge in [0.1, 0.15) is 5.82 Å². The van der Waals surface area contributed by atoms with Gasteiger partial charge in [0.2, 0.25) is 0 Å². The van der Waals surface area contributed by atoms with Gasteiger partial charge in [0.15, 0.2) is 5.76 Å². The Morgan fingerprint density at radius 1 is 1.50 bits per heavy atom. The molecule has 2 rings (SSSR count). The first-order chi connectivity index (χ1) is 7.79. The Morgan fingerprint density at radius 2 is 2.38 bits per heavy atom. The molecule has 5 heteroatoms. The van der Waals surface area contributed by atoms with Crippen molar-refractivity contribution in [3.05, 3.63) is 35.7 Å². The summed E-state index contributed by atoms with van der Waals surface area (Å²) in [4.78, 5) is 4.30. The fourth-order valence-corrected chi connectivity index (χ4v) is 1.55. The maximum Gasteiger partial charge on any atom is 0.156 e. The van der Waals surface area contributed by atoms with Crippen molar-refractivity contribution >= 4 is 0 Å². The van der Waals surface area contributed by atoms with E-state index in [9.17, 15) is 0 Å². The van der Waals surface area contributed by atoms with Crippen LogP contribution in [0.15, 0.2) is 23.0 Å². The first-order valence-corrected chi connectivity index (χ1v) is 5.42. The molecule has 86 valence electrons. The van der Waals surface area contributed by atoms with Crippen LogP contribution in [0.3, 0.4) is 0 Å². The van der Waals surface area contributed by atoms with Crippen LogP contribution in [0.25, 0.3) is 0 Å². The van der Waals surface area contributed by atoms with Crippen LogP contribution in [0.5, 0.6) is 0 Å². The second-order valence-corrected chi connectivity index (χ2v) is 3.69. The third kappa shape index (κ3) is 2.49. The Morgan fingerprint density at radius 3 is 3.06 bits per heavy atom. The van der Waals surface area contributed by atoms with Gasteiger partial charge in [-0.25, -0.2) is 4.98 Å². The van der Waals surface area contributed by atoms with Gasteiger partial charge in [-0.1, -0.05) is 12.1 Å². The lowest BCUT2D eigenvalue weighted by Crippen LogP contribution is -2.16. The van der Waals surface area contributed by atoms with Crippen LogP contribution in [0.2, 0.25) is 0 Å². The highest BCUT2D eigenvalue weighted by Crippen LogP contribution is 2.07. The number of rotatable bonds is 5.